The maximum absolute atomic E-state index is 10.6. The first-order chi connectivity index (χ1) is 4.63. The number of hydrogen-bond acceptors (Lipinski definition) is 2. The zero-order valence-corrected chi connectivity index (χ0v) is 8.71. The molecule has 4 heteroatoms. The molecule has 0 aliphatic carbocycles. The zero-order chi connectivity index (χ0) is 8.15. The molecule has 0 saturated heterocycles. The Morgan fingerprint density at radius 3 is 1.91 bits per heavy atom. The average molecular weight is 200 g/mol. The molecule has 0 aliphatic heterocycles. The molecule has 1 atom stereocenters. The van der Waals surface area contributed by atoms with Crippen molar-refractivity contribution < 1.29 is 4.79 Å². The normalized spacial score (nSPS) is 12.5. The van der Waals surface area contributed by atoms with Gasteiger partial charge in [-0.3, -0.25) is 9.69 Å². The fourth-order valence-electron chi connectivity index (χ4n) is 0.915. The minimum atomic E-state index is -0.274. The molecular formula is C7H15Cl2NO. The lowest BCUT2D eigenvalue weighted by molar-refractivity contribution is -0.115. The maximum atomic E-state index is 10.6. The van der Waals surface area contributed by atoms with E-state index in [0.29, 0.717) is 0 Å². The van der Waals surface area contributed by atoms with Crippen LogP contribution in [-0.4, -0.2) is 29.3 Å². The van der Waals surface area contributed by atoms with Crippen LogP contribution in [0, 0.1) is 0 Å². The van der Waals surface area contributed by atoms with Gasteiger partial charge in [0.05, 0.1) is 6.04 Å². The fourth-order valence-corrected chi connectivity index (χ4v) is 1.05. The van der Waals surface area contributed by atoms with E-state index in [0.717, 1.165) is 13.1 Å². The van der Waals surface area contributed by atoms with Gasteiger partial charge < -0.3 is 0 Å². The number of nitrogens with zero attached hydrogens (tertiary/aromatic N) is 1. The van der Waals surface area contributed by atoms with Gasteiger partial charge in [0.2, 0.25) is 5.24 Å². The lowest BCUT2D eigenvalue weighted by atomic mass is 10.3. The van der Waals surface area contributed by atoms with Crippen molar-refractivity contribution in [1.82, 2.24) is 4.90 Å². The van der Waals surface area contributed by atoms with Crippen LogP contribution >= 0.6 is 24.0 Å². The average Bonchev–Trinajstić information content (AvgIpc) is 1.90. The Hall–Kier alpha value is 0.210. The highest BCUT2D eigenvalue weighted by atomic mass is 35.5. The van der Waals surface area contributed by atoms with Gasteiger partial charge in [0.1, 0.15) is 0 Å². The summed E-state index contributed by atoms with van der Waals surface area (Å²) in [6.45, 7) is 7.59. The van der Waals surface area contributed by atoms with E-state index in [2.05, 4.69) is 0 Å². The van der Waals surface area contributed by atoms with Gasteiger partial charge in [-0.1, -0.05) is 13.8 Å². The van der Waals surface area contributed by atoms with E-state index >= 15 is 0 Å². The second-order valence-corrected chi connectivity index (χ2v) is 2.57. The SMILES string of the molecule is CCN(CC)C(C)C(=O)Cl.Cl. The summed E-state index contributed by atoms with van der Waals surface area (Å²) >= 11 is 5.30. The molecule has 11 heavy (non-hydrogen) atoms. The number of rotatable bonds is 4. The number of carbonyl (C=O) groups excluding carboxylic acids is 1. The Labute approximate surface area is 79.3 Å². The lowest BCUT2D eigenvalue weighted by Crippen LogP contribution is -2.36. The Bertz CT molecular complexity index is 115. The van der Waals surface area contributed by atoms with Gasteiger partial charge in [-0.2, -0.15) is 0 Å². The van der Waals surface area contributed by atoms with Gasteiger partial charge in [-0.15, -0.1) is 12.4 Å². The molecule has 0 aliphatic rings. The second-order valence-electron chi connectivity index (χ2n) is 2.20. The Morgan fingerprint density at radius 1 is 1.45 bits per heavy atom. The summed E-state index contributed by atoms with van der Waals surface area (Å²) in [5.74, 6) is 0. The molecule has 0 bridgehead atoms. The predicted molar refractivity (Wildman–Crippen MR) is 50.5 cm³/mol. The van der Waals surface area contributed by atoms with Crippen LogP contribution in [0.3, 0.4) is 0 Å². The van der Waals surface area contributed by atoms with E-state index < -0.39 is 0 Å². The molecule has 0 N–H and O–H groups in total. The first-order valence-electron chi connectivity index (χ1n) is 3.56. The van der Waals surface area contributed by atoms with Crippen LogP contribution in [0.2, 0.25) is 0 Å². The van der Waals surface area contributed by atoms with Crippen LogP contribution in [0.4, 0.5) is 0 Å². The predicted octanol–water partition coefficient (Wildman–Crippen LogP) is 1.90. The lowest BCUT2D eigenvalue weighted by Gasteiger charge is -2.22. The van der Waals surface area contributed by atoms with Gasteiger partial charge in [0.25, 0.3) is 0 Å². The van der Waals surface area contributed by atoms with Crippen molar-refractivity contribution in [2.45, 2.75) is 26.8 Å². The minimum Gasteiger partial charge on any atom is -0.293 e. The molecule has 68 valence electrons. The molecule has 0 aromatic rings. The van der Waals surface area contributed by atoms with Gasteiger partial charge in [0, 0.05) is 0 Å². The van der Waals surface area contributed by atoms with Crippen molar-refractivity contribution in [2.75, 3.05) is 13.1 Å². The summed E-state index contributed by atoms with van der Waals surface area (Å²) in [6.07, 6.45) is 0. The molecule has 1 unspecified atom stereocenters. The van der Waals surface area contributed by atoms with Gasteiger partial charge in [-0.25, -0.2) is 0 Å². The van der Waals surface area contributed by atoms with E-state index in [-0.39, 0.29) is 23.7 Å². The largest absolute Gasteiger partial charge is 0.293 e. The summed E-state index contributed by atoms with van der Waals surface area (Å²) in [7, 11) is 0. The summed E-state index contributed by atoms with van der Waals surface area (Å²) in [5.41, 5.74) is 0. The summed E-state index contributed by atoms with van der Waals surface area (Å²) < 4.78 is 0. The van der Waals surface area contributed by atoms with E-state index in [9.17, 15) is 4.79 Å². The minimum absolute atomic E-state index is 0. The topological polar surface area (TPSA) is 20.3 Å². The molecule has 0 aromatic heterocycles. The molecule has 0 spiro atoms. The molecule has 0 amide bonds. The Balaban J connectivity index is 0. The third-order valence-corrected chi connectivity index (χ3v) is 2.00. The molecular weight excluding hydrogens is 185 g/mol. The third-order valence-electron chi connectivity index (χ3n) is 1.69. The number of halogens is 2. The maximum Gasteiger partial charge on any atom is 0.238 e. The number of carbonyl (C=O) groups is 1. The van der Waals surface area contributed by atoms with Crippen molar-refractivity contribution in [2.24, 2.45) is 0 Å². The van der Waals surface area contributed by atoms with Crippen molar-refractivity contribution in [1.29, 1.82) is 0 Å². The monoisotopic (exact) mass is 199 g/mol. The van der Waals surface area contributed by atoms with Gasteiger partial charge in [0.15, 0.2) is 0 Å². The van der Waals surface area contributed by atoms with E-state index in [4.69, 9.17) is 11.6 Å². The summed E-state index contributed by atoms with van der Waals surface area (Å²) in [5, 5.41) is -0.274. The first-order valence-corrected chi connectivity index (χ1v) is 3.94. The van der Waals surface area contributed by atoms with Gasteiger partial charge >= 0.3 is 0 Å². The Morgan fingerprint density at radius 2 is 1.82 bits per heavy atom. The Kier molecular flexibility index (Phi) is 8.63. The van der Waals surface area contributed by atoms with Gasteiger partial charge in [-0.05, 0) is 31.6 Å². The number of likely N-dealkylation sites (N-methyl/N-ethyl adjacent to an activating group) is 1. The first kappa shape index (κ1) is 13.8. The van der Waals surface area contributed by atoms with Crippen LogP contribution in [0.15, 0.2) is 0 Å². The van der Waals surface area contributed by atoms with Crippen molar-refractivity contribution in [3.05, 3.63) is 0 Å². The fraction of sp³-hybridized carbons (Fsp3) is 0.857. The third kappa shape index (κ3) is 4.62. The van der Waals surface area contributed by atoms with Crippen LogP contribution in [0.25, 0.3) is 0 Å². The van der Waals surface area contributed by atoms with Crippen LogP contribution in [-0.2, 0) is 4.79 Å². The molecule has 0 aromatic carbocycles. The van der Waals surface area contributed by atoms with Crippen LogP contribution in [0.1, 0.15) is 20.8 Å². The smallest absolute Gasteiger partial charge is 0.238 e. The second kappa shape index (κ2) is 6.89. The van der Waals surface area contributed by atoms with E-state index in [1.165, 1.54) is 0 Å². The van der Waals surface area contributed by atoms with Crippen LogP contribution in [0.5, 0.6) is 0 Å². The molecule has 0 heterocycles. The summed E-state index contributed by atoms with van der Waals surface area (Å²) in [4.78, 5) is 12.6. The molecule has 0 saturated carbocycles. The van der Waals surface area contributed by atoms with Crippen LogP contribution < -0.4 is 0 Å². The van der Waals surface area contributed by atoms with Crippen molar-refractivity contribution in [3.63, 3.8) is 0 Å². The standard InChI is InChI=1S/C7H14ClNO.ClH/c1-4-9(5-2)6(3)7(8)10;/h6H,4-5H2,1-3H3;1H. The van der Waals surface area contributed by atoms with E-state index in [1.54, 1.807) is 0 Å². The quantitative estimate of drug-likeness (QED) is 0.646. The van der Waals surface area contributed by atoms with Crippen molar-refractivity contribution >= 4 is 29.3 Å². The van der Waals surface area contributed by atoms with E-state index in [1.807, 2.05) is 25.7 Å². The zero-order valence-electron chi connectivity index (χ0n) is 7.13. The molecule has 0 rings (SSSR count). The molecule has 2 nitrogen and oxygen atoms in total. The molecule has 0 radical (unpaired) electrons. The highest BCUT2D eigenvalue weighted by molar-refractivity contribution is 6.64. The number of hydrogen-bond donors (Lipinski definition) is 0. The summed E-state index contributed by atoms with van der Waals surface area (Å²) in [6, 6.07) is -0.142. The highest BCUT2D eigenvalue weighted by Gasteiger charge is 2.15. The highest BCUT2D eigenvalue weighted by Crippen LogP contribution is 2.01. The molecule has 0 fully saturated rings. The van der Waals surface area contributed by atoms with Crippen molar-refractivity contribution in [3.8, 4) is 0 Å².